The van der Waals surface area contributed by atoms with Crippen molar-refractivity contribution in [3.8, 4) is 0 Å². The molecule has 3 nitrogen and oxygen atoms in total. The van der Waals surface area contributed by atoms with Crippen LogP contribution in [-0.2, 0) is 14.3 Å². The molecule has 0 unspecified atom stereocenters. The van der Waals surface area contributed by atoms with Crippen LogP contribution in [0.25, 0.3) is 6.08 Å². The molecule has 0 spiro atoms. The zero-order valence-electron chi connectivity index (χ0n) is 9.10. The third-order valence-corrected chi connectivity index (χ3v) is 3.61. The number of halogens is 1. The van der Waals surface area contributed by atoms with Gasteiger partial charge in [0, 0.05) is 5.02 Å². The van der Waals surface area contributed by atoms with Crippen molar-refractivity contribution in [2.24, 2.45) is 0 Å². The zero-order valence-corrected chi connectivity index (χ0v) is 10.7. The molecule has 1 aromatic rings. The number of benzene rings is 1. The van der Waals surface area contributed by atoms with Gasteiger partial charge in [-0.25, -0.2) is 0 Å². The van der Waals surface area contributed by atoms with Crippen LogP contribution in [0.15, 0.2) is 29.2 Å². The summed E-state index contributed by atoms with van der Waals surface area (Å²) >= 11 is 5.72. The number of rotatable bonds is 4. The van der Waals surface area contributed by atoms with Gasteiger partial charge >= 0.3 is 0 Å². The summed E-state index contributed by atoms with van der Waals surface area (Å²) in [4.78, 5) is 0.177. The van der Waals surface area contributed by atoms with Crippen LogP contribution in [0, 0.1) is 0 Å². The van der Waals surface area contributed by atoms with Crippen molar-refractivity contribution in [2.45, 2.75) is 13.8 Å². The minimum Gasteiger partial charge on any atom is -0.267 e. The minimum absolute atomic E-state index is 0.133. The van der Waals surface area contributed by atoms with Crippen molar-refractivity contribution in [1.82, 2.24) is 0 Å². The van der Waals surface area contributed by atoms with Crippen LogP contribution in [-0.4, -0.2) is 15.0 Å². The lowest BCUT2D eigenvalue weighted by molar-refractivity contribution is 0.343. The third-order valence-electron chi connectivity index (χ3n) is 1.91. The molecule has 0 amide bonds. The molecule has 0 fully saturated rings. The maximum atomic E-state index is 11.5. The van der Waals surface area contributed by atoms with Crippen LogP contribution >= 0.6 is 11.6 Å². The van der Waals surface area contributed by atoms with Gasteiger partial charge in [0.15, 0.2) is 0 Å². The van der Waals surface area contributed by atoms with Crippen molar-refractivity contribution in [2.75, 3.05) is 6.61 Å². The fraction of sp³-hybridized carbons (Fsp3) is 0.273. The maximum absolute atomic E-state index is 11.5. The van der Waals surface area contributed by atoms with Crippen molar-refractivity contribution < 1.29 is 12.6 Å². The number of allylic oxidation sites excluding steroid dienone is 1. The second-order valence-electron chi connectivity index (χ2n) is 3.17. The van der Waals surface area contributed by atoms with Gasteiger partial charge in [0.2, 0.25) is 0 Å². The van der Waals surface area contributed by atoms with E-state index in [1.54, 1.807) is 37.3 Å². The Bertz CT molecular complexity index is 474. The topological polar surface area (TPSA) is 43.4 Å². The van der Waals surface area contributed by atoms with Gasteiger partial charge in [-0.2, -0.15) is 8.42 Å². The summed E-state index contributed by atoms with van der Waals surface area (Å²) in [6.45, 7) is 3.26. The van der Waals surface area contributed by atoms with E-state index in [0.29, 0.717) is 5.02 Å². The monoisotopic (exact) mass is 260 g/mol. The highest BCUT2D eigenvalue weighted by Crippen LogP contribution is 2.16. The SMILES string of the molecule is CCOS(=O)(=O)/C(C)=C/c1ccc(Cl)cc1. The van der Waals surface area contributed by atoms with Crippen molar-refractivity contribution in [3.05, 3.63) is 39.8 Å². The quantitative estimate of drug-likeness (QED) is 0.782. The maximum Gasteiger partial charge on any atom is 0.292 e. The highest BCUT2D eigenvalue weighted by Gasteiger charge is 2.12. The first-order valence-corrected chi connectivity index (χ1v) is 6.57. The lowest BCUT2D eigenvalue weighted by atomic mass is 10.2. The third kappa shape index (κ3) is 3.63. The lowest BCUT2D eigenvalue weighted by Crippen LogP contribution is -2.06. The Morgan fingerprint density at radius 2 is 1.94 bits per heavy atom. The van der Waals surface area contributed by atoms with Gasteiger partial charge in [-0.05, 0) is 37.6 Å². The van der Waals surface area contributed by atoms with Crippen LogP contribution in [0.1, 0.15) is 19.4 Å². The molecule has 0 bridgehead atoms. The van der Waals surface area contributed by atoms with Crippen LogP contribution in [0.4, 0.5) is 0 Å². The van der Waals surface area contributed by atoms with Crippen LogP contribution in [0.3, 0.4) is 0 Å². The summed E-state index contributed by atoms with van der Waals surface area (Å²) in [5, 5.41) is 0.613. The van der Waals surface area contributed by atoms with Crippen LogP contribution in [0.2, 0.25) is 5.02 Å². The van der Waals surface area contributed by atoms with E-state index in [0.717, 1.165) is 5.56 Å². The first-order valence-electron chi connectivity index (χ1n) is 4.79. The summed E-state index contributed by atoms with van der Waals surface area (Å²) in [5.74, 6) is 0. The molecule has 1 aromatic carbocycles. The molecule has 0 saturated carbocycles. The van der Waals surface area contributed by atoms with Gasteiger partial charge in [0.1, 0.15) is 0 Å². The molecule has 0 N–H and O–H groups in total. The average Bonchev–Trinajstić information content (AvgIpc) is 2.21. The Hall–Kier alpha value is -0.840. The van der Waals surface area contributed by atoms with E-state index in [1.165, 1.54) is 6.92 Å². The smallest absolute Gasteiger partial charge is 0.267 e. The molecule has 0 aliphatic rings. The summed E-state index contributed by atoms with van der Waals surface area (Å²) < 4.78 is 27.6. The largest absolute Gasteiger partial charge is 0.292 e. The van der Waals surface area contributed by atoms with E-state index in [-0.39, 0.29) is 11.5 Å². The van der Waals surface area contributed by atoms with Gasteiger partial charge in [-0.15, -0.1) is 0 Å². The number of hydrogen-bond donors (Lipinski definition) is 0. The van der Waals surface area contributed by atoms with E-state index < -0.39 is 10.1 Å². The highest BCUT2D eigenvalue weighted by molar-refractivity contribution is 7.90. The molecule has 0 radical (unpaired) electrons. The molecule has 0 aliphatic heterocycles. The van der Waals surface area contributed by atoms with E-state index >= 15 is 0 Å². The Morgan fingerprint density at radius 1 is 1.38 bits per heavy atom. The second-order valence-corrected chi connectivity index (χ2v) is 5.39. The first-order chi connectivity index (χ1) is 7.45. The Morgan fingerprint density at radius 3 is 2.44 bits per heavy atom. The second kappa shape index (κ2) is 5.48. The van der Waals surface area contributed by atoms with Gasteiger partial charge < -0.3 is 0 Å². The molecular formula is C11H13ClO3S. The molecule has 88 valence electrons. The van der Waals surface area contributed by atoms with Gasteiger partial charge in [-0.1, -0.05) is 23.7 Å². The number of hydrogen-bond acceptors (Lipinski definition) is 3. The van der Waals surface area contributed by atoms with E-state index in [1.807, 2.05) is 0 Å². The van der Waals surface area contributed by atoms with E-state index in [4.69, 9.17) is 11.6 Å². The molecule has 16 heavy (non-hydrogen) atoms. The molecule has 0 aliphatic carbocycles. The standard InChI is InChI=1S/C11H13ClO3S/c1-3-15-16(13,14)9(2)8-10-4-6-11(12)7-5-10/h4-8H,3H2,1-2H3/b9-8+. The normalized spacial score (nSPS) is 12.8. The lowest BCUT2D eigenvalue weighted by Gasteiger charge is -2.03. The molecule has 5 heteroatoms. The first kappa shape index (κ1) is 13.2. The predicted molar refractivity (Wildman–Crippen MR) is 65.6 cm³/mol. The highest BCUT2D eigenvalue weighted by atomic mass is 35.5. The van der Waals surface area contributed by atoms with Gasteiger partial charge in [0.25, 0.3) is 10.1 Å². The van der Waals surface area contributed by atoms with Crippen molar-refractivity contribution >= 4 is 27.8 Å². The molecular weight excluding hydrogens is 248 g/mol. The summed E-state index contributed by atoms with van der Waals surface area (Å²) in [6.07, 6.45) is 1.54. The predicted octanol–water partition coefficient (Wildman–Crippen LogP) is 3.07. The fourth-order valence-corrected chi connectivity index (χ4v) is 2.02. The summed E-state index contributed by atoms with van der Waals surface area (Å²) in [6, 6.07) is 6.89. The molecule has 0 aromatic heterocycles. The minimum atomic E-state index is -3.59. The summed E-state index contributed by atoms with van der Waals surface area (Å²) in [7, 11) is -3.59. The Balaban J connectivity index is 2.97. The Kier molecular flexibility index (Phi) is 4.53. The van der Waals surface area contributed by atoms with Gasteiger partial charge in [-0.3, -0.25) is 4.18 Å². The van der Waals surface area contributed by atoms with E-state index in [9.17, 15) is 8.42 Å². The Labute approximate surface area is 101 Å². The molecule has 1 rings (SSSR count). The zero-order chi connectivity index (χ0) is 12.2. The van der Waals surface area contributed by atoms with Gasteiger partial charge in [0.05, 0.1) is 11.5 Å². The van der Waals surface area contributed by atoms with Crippen LogP contribution in [0.5, 0.6) is 0 Å². The average molecular weight is 261 g/mol. The van der Waals surface area contributed by atoms with Crippen molar-refractivity contribution in [1.29, 1.82) is 0 Å². The van der Waals surface area contributed by atoms with Crippen molar-refractivity contribution in [3.63, 3.8) is 0 Å². The van der Waals surface area contributed by atoms with E-state index in [2.05, 4.69) is 4.18 Å². The molecule has 0 heterocycles. The summed E-state index contributed by atoms with van der Waals surface area (Å²) in [5.41, 5.74) is 0.769. The van der Waals surface area contributed by atoms with Crippen LogP contribution < -0.4 is 0 Å². The molecule has 0 atom stereocenters. The fourth-order valence-electron chi connectivity index (χ4n) is 1.11. The molecule has 0 saturated heterocycles.